The van der Waals surface area contributed by atoms with Gasteiger partial charge < -0.3 is 14.8 Å². The van der Waals surface area contributed by atoms with E-state index in [0.29, 0.717) is 12.1 Å². The van der Waals surface area contributed by atoms with E-state index in [0.717, 1.165) is 6.42 Å². The summed E-state index contributed by atoms with van der Waals surface area (Å²) in [6.07, 6.45) is 1.47. The Balaban J connectivity index is 1.33. The highest BCUT2D eigenvalue weighted by Gasteiger charge is 2.64. The highest BCUT2D eigenvalue weighted by molar-refractivity contribution is 5.93. The number of hydrogen-bond acceptors (Lipinski definition) is 5. The van der Waals surface area contributed by atoms with Crippen LogP contribution >= 0.6 is 0 Å². The molecule has 126 valence electrons. The number of benzene rings is 1. The molecule has 0 unspecified atom stereocenters. The van der Waals surface area contributed by atoms with E-state index in [1.807, 2.05) is 0 Å². The molecule has 0 spiro atoms. The molecule has 2 aliphatic carbocycles. The van der Waals surface area contributed by atoms with Gasteiger partial charge >= 0.3 is 11.9 Å². The largest absolute Gasteiger partial charge is 0.462 e. The molecule has 5 atom stereocenters. The summed E-state index contributed by atoms with van der Waals surface area (Å²) in [5.41, 5.74) is 0.416. The molecule has 1 heterocycles. The average Bonchev–Trinajstić information content (AvgIpc) is 3.16. The molecule has 1 aromatic rings. The van der Waals surface area contributed by atoms with Crippen molar-refractivity contribution < 1.29 is 28.2 Å². The number of hydrogen-bond donors (Lipinski definition) is 1. The molecule has 4 rings (SSSR count). The number of anilines is 1. The fraction of sp³-hybridized carbons (Fsp3) is 0.471. The van der Waals surface area contributed by atoms with Crippen LogP contribution in [0.5, 0.6) is 0 Å². The van der Waals surface area contributed by atoms with Crippen LogP contribution in [0, 0.1) is 29.5 Å². The van der Waals surface area contributed by atoms with Gasteiger partial charge in [-0.25, -0.2) is 4.39 Å². The van der Waals surface area contributed by atoms with Gasteiger partial charge in [0.1, 0.15) is 11.9 Å². The van der Waals surface area contributed by atoms with Crippen LogP contribution in [0.15, 0.2) is 24.3 Å². The van der Waals surface area contributed by atoms with Gasteiger partial charge in [-0.05, 0) is 43.0 Å². The number of ether oxygens (including phenoxy) is 2. The van der Waals surface area contributed by atoms with Crippen molar-refractivity contribution in [3.63, 3.8) is 0 Å². The number of halogens is 1. The standard InChI is InChI=1S/C17H16FNO5/c18-9-1-3-10(4-2-9)19-13(20)7-23-16(21)14-8-5-11-12(6-8)24-17(22)15(11)14/h1-4,8,11-12,14-15H,5-7H2,(H,19,20)/t8-,11+,12-,14+,15+/m1/s1. The zero-order chi connectivity index (χ0) is 16.8. The van der Waals surface area contributed by atoms with Crippen LogP contribution in [0.3, 0.4) is 0 Å². The summed E-state index contributed by atoms with van der Waals surface area (Å²) in [6.45, 7) is -0.435. The van der Waals surface area contributed by atoms with Crippen molar-refractivity contribution in [2.45, 2.75) is 18.9 Å². The zero-order valence-electron chi connectivity index (χ0n) is 12.7. The van der Waals surface area contributed by atoms with Crippen LogP contribution in [0.2, 0.25) is 0 Å². The molecule has 0 aromatic heterocycles. The quantitative estimate of drug-likeness (QED) is 0.845. The molecule has 1 aromatic carbocycles. The fourth-order valence-corrected chi connectivity index (χ4v) is 4.29. The minimum absolute atomic E-state index is 0.0432. The van der Waals surface area contributed by atoms with Gasteiger partial charge in [-0.3, -0.25) is 14.4 Å². The molecule has 3 aliphatic rings. The maximum Gasteiger partial charge on any atom is 0.310 e. The van der Waals surface area contributed by atoms with Gasteiger partial charge in [0.15, 0.2) is 6.61 Å². The Morgan fingerprint density at radius 2 is 2.00 bits per heavy atom. The lowest BCUT2D eigenvalue weighted by Gasteiger charge is -2.22. The number of carbonyl (C=O) groups excluding carboxylic acids is 3. The minimum Gasteiger partial charge on any atom is -0.462 e. The Labute approximate surface area is 137 Å². The molecule has 24 heavy (non-hydrogen) atoms. The van der Waals surface area contributed by atoms with Crippen molar-refractivity contribution in [1.82, 2.24) is 0 Å². The lowest BCUT2D eigenvalue weighted by atomic mass is 9.80. The molecular weight excluding hydrogens is 317 g/mol. The zero-order valence-corrected chi connectivity index (χ0v) is 12.7. The SMILES string of the molecule is O=C(COC(=O)[C@H]1[C@@H]2C[C@@H]3[C@@H]1C(=O)O[C@@H]3C2)Nc1ccc(F)cc1. The van der Waals surface area contributed by atoms with Gasteiger partial charge in [0.25, 0.3) is 5.91 Å². The number of esters is 2. The molecule has 1 N–H and O–H groups in total. The molecule has 6 nitrogen and oxygen atoms in total. The summed E-state index contributed by atoms with van der Waals surface area (Å²) in [5, 5.41) is 2.52. The van der Waals surface area contributed by atoms with Crippen molar-refractivity contribution in [1.29, 1.82) is 0 Å². The summed E-state index contributed by atoms with van der Waals surface area (Å²) < 4.78 is 23.2. The van der Waals surface area contributed by atoms with E-state index in [4.69, 9.17) is 9.47 Å². The van der Waals surface area contributed by atoms with Crippen LogP contribution in [-0.2, 0) is 23.9 Å². The number of nitrogens with one attached hydrogen (secondary N) is 1. The predicted octanol–water partition coefficient (Wildman–Crippen LogP) is 1.50. The molecular formula is C17H16FNO5. The Morgan fingerprint density at radius 3 is 2.75 bits per heavy atom. The third kappa shape index (κ3) is 2.44. The Bertz CT molecular complexity index is 701. The molecule has 1 aliphatic heterocycles. The summed E-state index contributed by atoms with van der Waals surface area (Å²) in [6, 6.07) is 5.28. The van der Waals surface area contributed by atoms with E-state index in [-0.39, 0.29) is 23.9 Å². The fourth-order valence-electron chi connectivity index (χ4n) is 4.29. The molecule has 7 heteroatoms. The van der Waals surface area contributed by atoms with E-state index >= 15 is 0 Å². The lowest BCUT2D eigenvalue weighted by molar-refractivity contribution is -0.157. The smallest absolute Gasteiger partial charge is 0.310 e. The van der Waals surface area contributed by atoms with Crippen LogP contribution in [0.25, 0.3) is 0 Å². The van der Waals surface area contributed by atoms with E-state index < -0.39 is 36.1 Å². The highest BCUT2D eigenvalue weighted by Crippen LogP contribution is 2.57. The minimum atomic E-state index is -0.515. The maximum absolute atomic E-state index is 12.8. The summed E-state index contributed by atoms with van der Waals surface area (Å²) in [5.74, 6) is -2.44. The van der Waals surface area contributed by atoms with Gasteiger partial charge in [0, 0.05) is 11.6 Å². The number of rotatable bonds is 4. The first kappa shape index (κ1) is 15.1. The molecule has 0 radical (unpaired) electrons. The molecule has 2 bridgehead atoms. The Kier molecular flexibility index (Phi) is 3.51. The highest BCUT2D eigenvalue weighted by atomic mass is 19.1. The normalized spacial score (nSPS) is 32.5. The van der Waals surface area contributed by atoms with Crippen LogP contribution < -0.4 is 5.32 Å². The van der Waals surface area contributed by atoms with Crippen molar-refractivity contribution in [3.05, 3.63) is 30.1 Å². The summed E-state index contributed by atoms with van der Waals surface area (Å²) in [7, 11) is 0. The lowest BCUT2D eigenvalue weighted by Crippen LogP contribution is -2.34. The molecule has 1 saturated heterocycles. The van der Waals surface area contributed by atoms with E-state index in [1.165, 1.54) is 24.3 Å². The van der Waals surface area contributed by atoms with Crippen molar-refractivity contribution in [2.75, 3.05) is 11.9 Å². The van der Waals surface area contributed by atoms with E-state index in [9.17, 15) is 18.8 Å². The second kappa shape index (κ2) is 5.58. The second-order valence-corrected chi connectivity index (χ2v) is 6.59. The van der Waals surface area contributed by atoms with Gasteiger partial charge in [0.2, 0.25) is 0 Å². The molecule has 2 saturated carbocycles. The first-order valence-electron chi connectivity index (χ1n) is 7.95. The van der Waals surface area contributed by atoms with E-state index in [1.54, 1.807) is 0 Å². The average molecular weight is 333 g/mol. The van der Waals surface area contributed by atoms with E-state index in [2.05, 4.69) is 5.32 Å². The topological polar surface area (TPSA) is 81.7 Å². The second-order valence-electron chi connectivity index (χ2n) is 6.59. The van der Waals surface area contributed by atoms with Crippen LogP contribution in [0.4, 0.5) is 10.1 Å². The monoisotopic (exact) mass is 333 g/mol. The number of carbonyl (C=O) groups is 3. The predicted molar refractivity (Wildman–Crippen MR) is 79.1 cm³/mol. The molecule has 1 amide bonds. The maximum atomic E-state index is 12.8. The first-order chi connectivity index (χ1) is 11.5. The van der Waals surface area contributed by atoms with Gasteiger partial charge in [0.05, 0.1) is 11.8 Å². The Morgan fingerprint density at radius 1 is 1.25 bits per heavy atom. The Hall–Kier alpha value is -2.44. The third-order valence-corrected chi connectivity index (χ3v) is 5.23. The van der Waals surface area contributed by atoms with Crippen LogP contribution in [-0.4, -0.2) is 30.6 Å². The van der Waals surface area contributed by atoms with Crippen molar-refractivity contribution >= 4 is 23.5 Å². The molecule has 3 fully saturated rings. The van der Waals surface area contributed by atoms with Crippen molar-refractivity contribution in [3.8, 4) is 0 Å². The van der Waals surface area contributed by atoms with Gasteiger partial charge in [-0.1, -0.05) is 0 Å². The van der Waals surface area contributed by atoms with Crippen molar-refractivity contribution in [2.24, 2.45) is 23.7 Å². The van der Waals surface area contributed by atoms with Gasteiger partial charge in [-0.15, -0.1) is 0 Å². The summed E-state index contributed by atoms with van der Waals surface area (Å²) in [4.78, 5) is 36.0. The number of amides is 1. The van der Waals surface area contributed by atoms with Gasteiger partial charge in [-0.2, -0.15) is 0 Å². The number of fused-ring (bicyclic) bond motifs is 1. The third-order valence-electron chi connectivity index (χ3n) is 5.23. The summed E-state index contributed by atoms with van der Waals surface area (Å²) >= 11 is 0. The first-order valence-corrected chi connectivity index (χ1v) is 7.95. The van der Waals surface area contributed by atoms with Crippen LogP contribution in [0.1, 0.15) is 12.8 Å².